The molecule has 3 aromatic rings. The van der Waals surface area contributed by atoms with Gasteiger partial charge in [-0.05, 0) is 56.2 Å². The average molecular weight is 424 g/mol. The molecule has 3 rings (SSSR count). The van der Waals surface area contributed by atoms with Gasteiger partial charge in [-0.2, -0.15) is 0 Å². The van der Waals surface area contributed by atoms with E-state index in [9.17, 15) is 9.59 Å². The zero-order chi connectivity index (χ0) is 21.7. The topological polar surface area (TPSA) is 88.9 Å². The fourth-order valence-electron chi connectivity index (χ4n) is 2.98. The Balaban J connectivity index is 1.53. The molecular weight excluding hydrogens is 398 g/mol. The number of hydrogen-bond acceptors (Lipinski definition) is 5. The molecule has 0 aliphatic rings. The van der Waals surface area contributed by atoms with E-state index in [1.807, 2.05) is 57.2 Å². The van der Waals surface area contributed by atoms with Crippen LogP contribution in [0.1, 0.15) is 22.5 Å². The number of aromatic nitrogens is 3. The van der Waals surface area contributed by atoms with Crippen LogP contribution in [0, 0.1) is 20.8 Å². The zero-order valence-corrected chi connectivity index (χ0v) is 18.3. The smallest absolute Gasteiger partial charge is 0.234 e. The number of carbonyl (C=O) groups is 2. The Morgan fingerprint density at radius 2 is 1.50 bits per heavy atom. The number of nitrogens with zero attached hydrogens (tertiary/aromatic N) is 3. The number of amides is 2. The SMILES string of the molecule is Cc1ccc(NC(=O)Cc2nnc(SCC(=O)Nc3cc(C)cc(C)c3)n2C)cc1. The standard InChI is InChI=1S/C22H25N5O2S/c1-14-5-7-17(8-6-14)23-20(28)12-19-25-26-22(27(19)4)30-13-21(29)24-18-10-15(2)9-16(3)11-18/h5-11H,12-13H2,1-4H3,(H,23,28)(H,24,29). The molecule has 0 radical (unpaired) electrons. The van der Waals surface area contributed by atoms with Crippen molar-refractivity contribution in [2.45, 2.75) is 32.3 Å². The van der Waals surface area contributed by atoms with Gasteiger partial charge in [-0.15, -0.1) is 10.2 Å². The molecule has 0 aliphatic carbocycles. The van der Waals surface area contributed by atoms with E-state index in [0.717, 1.165) is 28.1 Å². The lowest BCUT2D eigenvalue weighted by molar-refractivity contribution is -0.116. The van der Waals surface area contributed by atoms with Gasteiger partial charge in [0.2, 0.25) is 11.8 Å². The van der Waals surface area contributed by atoms with E-state index in [-0.39, 0.29) is 24.0 Å². The molecule has 0 saturated carbocycles. The van der Waals surface area contributed by atoms with Crippen LogP contribution in [-0.4, -0.2) is 32.3 Å². The summed E-state index contributed by atoms with van der Waals surface area (Å²) in [6, 6.07) is 13.5. The number of carbonyl (C=O) groups excluding carboxylic acids is 2. The molecule has 7 nitrogen and oxygen atoms in total. The number of thioether (sulfide) groups is 1. The van der Waals surface area contributed by atoms with Gasteiger partial charge in [0.15, 0.2) is 5.16 Å². The Bertz CT molecular complexity index is 1040. The average Bonchev–Trinajstić information content (AvgIpc) is 3.01. The van der Waals surface area contributed by atoms with Crippen molar-refractivity contribution in [3.8, 4) is 0 Å². The van der Waals surface area contributed by atoms with Crippen LogP contribution in [0.25, 0.3) is 0 Å². The first-order chi connectivity index (χ1) is 14.3. The van der Waals surface area contributed by atoms with Gasteiger partial charge >= 0.3 is 0 Å². The Morgan fingerprint density at radius 1 is 0.867 bits per heavy atom. The minimum absolute atomic E-state index is 0.104. The number of aryl methyl sites for hydroxylation is 3. The molecule has 2 aromatic carbocycles. The maximum atomic E-state index is 12.3. The van der Waals surface area contributed by atoms with Gasteiger partial charge in [0, 0.05) is 18.4 Å². The highest BCUT2D eigenvalue weighted by atomic mass is 32.2. The van der Waals surface area contributed by atoms with Gasteiger partial charge in [-0.1, -0.05) is 35.5 Å². The van der Waals surface area contributed by atoms with Crippen LogP contribution in [0.4, 0.5) is 11.4 Å². The van der Waals surface area contributed by atoms with Gasteiger partial charge in [-0.3, -0.25) is 9.59 Å². The van der Waals surface area contributed by atoms with Crippen molar-refractivity contribution in [3.05, 3.63) is 65.0 Å². The zero-order valence-electron chi connectivity index (χ0n) is 17.5. The predicted molar refractivity (Wildman–Crippen MR) is 120 cm³/mol. The summed E-state index contributed by atoms with van der Waals surface area (Å²) in [6.07, 6.45) is 0.104. The summed E-state index contributed by atoms with van der Waals surface area (Å²) in [6.45, 7) is 5.98. The molecule has 8 heteroatoms. The van der Waals surface area contributed by atoms with Crippen molar-refractivity contribution in [2.75, 3.05) is 16.4 Å². The molecule has 1 aromatic heterocycles. The largest absolute Gasteiger partial charge is 0.326 e. The highest BCUT2D eigenvalue weighted by Gasteiger charge is 2.15. The first-order valence-corrected chi connectivity index (χ1v) is 10.5. The number of nitrogens with one attached hydrogen (secondary N) is 2. The molecule has 0 fully saturated rings. The molecule has 1 heterocycles. The second-order valence-corrected chi connectivity index (χ2v) is 8.20. The molecule has 30 heavy (non-hydrogen) atoms. The Hall–Kier alpha value is -3.13. The monoisotopic (exact) mass is 423 g/mol. The van der Waals surface area contributed by atoms with Crippen LogP contribution >= 0.6 is 11.8 Å². The van der Waals surface area contributed by atoms with Gasteiger partial charge in [-0.25, -0.2) is 0 Å². The molecule has 2 N–H and O–H groups in total. The van der Waals surface area contributed by atoms with Crippen LogP contribution < -0.4 is 10.6 Å². The molecule has 2 amide bonds. The van der Waals surface area contributed by atoms with E-state index in [2.05, 4.69) is 26.9 Å². The van der Waals surface area contributed by atoms with Crippen LogP contribution in [0.3, 0.4) is 0 Å². The van der Waals surface area contributed by atoms with Crippen molar-refractivity contribution < 1.29 is 9.59 Å². The van der Waals surface area contributed by atoms with Crippen molar-refractivity contribution in [2.24, 2.45) is 7.05 Å². The normalized spacial score (nSPS) is 10.7. The maximum absolute atomic E-state index is 12.3. The quantitative estimate of drug-likeness (QED) is 0.566. The summed E-state index contributed by atoms with van der Waals surface area (Å²) >= 11 is 1.28. The van der Waals surface area contributed by atoms with E-state index in [4.69, 9.17) is 0 Å². The predicted octanol–water partition coefficient (Wildman–Crippen LogP) is 3.65. The molecule has 0 atom stereocenters. The van der Waals surface area contributed by atoms with Crippen molar-refractivity contribution in [1.82, 2.24) is 14.8 Å². The molecule has 0 saturated heterocycles. The highest BCUT2D eigenvalue weighted by Crippen LogP contribution is 2.18. The third-order valence-electron chi connectivity index (χ3n) is 4.42. The number of anilines is 2. The molecule has 0 bridgehead atoms. The Morgan fingerprint density at radius 3 is 2.17 bits per heavy atom. The molecule has 156 valence electrons. The van der Waals surface area contributed by atoms with E-state index < -0.39 is 0 Å². The molecule has 0 spiro atoms. The first-order valence-electron chi connectivity index (χ1n) is 9.56. The summed E-state index contributed by atoms with van der Waals surface area (Å²) in [7, 11) is 1.79. The summed E-state index contributed by atoms with van der Waals surface area (Å²) < 4.78 is 1.74. The van der Waals surface area contributed by atoms with E-state index in [0.29, 0.717) is 11.0 Å². The van der Waals surface area contributed by atoms with Crippen LogP contribution in [0.2, 0.25) is 0 Å². The maximum Gasteiger partial charge on any atom is 0.234 e. The lowest BCUT2D eigenvalue weighted by Gasteiger charge is -2.08. The third-order valence-corrected chi connectivity index (χ3v) is 5.44. The Kier molecular flexibility index (Phi) is 6.89. The Labute approximate surface area is 180 Å². The molecule has 0 unspecified atom stereocenters. The minimum Gasteiger partial charge on any atom is -0.326 e. The number of benzene rings is 2. The lowest BCUT2D eigenvalue weighted by atomic mass is 10.1. The van der Waals surface area contributed by atoms with Gasteiger partial charge in [0.25, 0.3) is 0 Å². The van der Waals surface area contributed by atoms with Crippen LogP contribution in [0.5, 0.6) is 0 Å². The molecular formula is C22H25N5O2S. The molecule has 0 aliphatic heterocycles. The summed E-state index contributed by atoms with van der Waals surface area (Å²) in [5.74, 6) is 0.455. The second kappa shape index (κ2) is 9.58. The van der Waals surface area contributed by atoms with Crippen LogP contribution in [0.15, 0.2) is 47.6 Å². The van der Waals surface area contributed by atoms with Gasteiger partial charge in [0.05, 0.1) is 12.2 Å². The third kappa shape index (κ3) is 5.93. The van der Waals surface area contributed by atoms with E-state index in [1.54, 1.807) is 11.6 Å². The second-order valence-electron chi connectivity index (χ2n) is 7.26. The van der Waals surface area contributed by atoms with E-state index in [1.165, 1.54) is 11.8 Å². The van der Waals surface area contributed by atoms with E-state index >= 15 is 0 Å². The highest BCUT2D eigenvalue weighted by molar-refractivity contribution is 7.99. The summed E-state index contributed by atoms with van der Waals surface area (Å²) in [4.78, 5) is 24.6. The fourth-order valence-corrected chi connectivity index (χ4v) is 3.71. The number of rotatable bonds is 7. The van der Waals surface area contributed by atoms with Crippen molar-refractivity contribution >= 4 is 35.0 Å². The number of hydrogen-bond donors (Lipinski definition) is 2. The van der Waals surface area contributed by atoms with Crippen LogP contribution in [-0.2, 0) is 23.1 Å². The lowest BCUT2D eigenvalue weighted by Crippen LogP contribution is -2.17. The fraction of sp³-hybridized carbons (Fsp3) is 0.273. The van der Waals surface area contributed by atoms with Crippen molar-refractivity contribution in [1.29, 1.82) is 0 Å². The van der Waals surface area contributed by atoms with Gasteiger partial charge < -0.3 is 15.2 Å². The van der Waals surface area contributed by atoms with Crippen molar-refractivity contribution in [3.63, 3.8) is 0 Å². The van der Waals surface area contributed by atoms with Gasteiger partial charge in [0.1, 0.15) is 5.82 Å². The first kappa shape index (κ1) is 21.6. The minimum atomic E-state index is -0.168. The summed E-state index contributed by atoms with van der Waals surface area (Å²) in [5.41, 5.74) is 4.85. The summed E-state index contributed by atoms with van der Waals surface area (Å²) in [5, 5.41) is 14.5.